The lowest BCUT2D eigenvalue weighted by molar-refractivity contribution is -0.131. The third-order valence-corrected chi connectivity index (χ3v) is 4.22. The highest BCUT2D eigenvalue weighted by Crippen LogP contribution is 2.23. The molecule has 0 saturated heterocycles. The van der Waals surface area contributed by atoms with Crippen molar-refractivity contribution in [3.05, 3.63) is 83.4 Å². The summed E-state index contributed by atoms with van der Waals surface area (Å²) in [7, 11) is 0. The Labute approximate surface area is 173 Å². The lowest BCUT2D eigenvalue weighted by Crippen LogP contribution is -2.12. The van der Waals surface area contributed by atoms with Crippen molar-refractivity contribution in [2.75, 3.05) is 13.2 Å². The van der Waals surface area contributed by atoms with Crippen LogP contribution in [0.15, 0.2) is 72.8 Å². The highest BCUT2D eigenvalue weighted by Gasteiger charge is 2.08. The first-order valence-electron chi connectivity index (χ1n) is 8.96. The first-order valence-corrected chi connectivity index (χ1v) is 9.33. The molecule has 0 radical (unpaired) electrons. The van der Waals surface area contributed by atoms with Crippen molar-refractivity contribution in [2.24, 2.45) is 0 Å². The van der Waals surface area contributed by atoms with Crippen LogP contribution in [0.1, 0.15) is 17.3 Å². The van der Waals surface area contributed by atoms with E-state index in [1.54, 1.807) is 48.5 Å². The second-order valence-corrected chi connectivity index (χ2v) is 6.57. The van der Waals surface area contributed by atoms with Crippen LogP contribution in [0.25, 0.3) is 11.1 Å². The van der Waals surface area contributed by atoms with Crippen molar-refractivity contribution >= 4 is 23.5 Å². The summed E-state index contributed by atoms with van der Waals surface area (Å²) in [5.41, 5.74) is 2.33. The van der Waals surface area contributed by atoms with Gasteiger partial charge in [-0.1, -0.05) is 35.9 Å². The molecule has 5 nitrogen and oxygen atoms in total. The molecule has 0 saturated carbocycles. The number of hydrogen-bond donors (Lipinski definition) is 0. The van der Waals surface area contributed by atoms with Crippen molar-refractivity contribution in [1.82, 2.24) is 0 Å². The Bertz CT molecular complexity index is 964. The zero-order valence-corrected chi connectivity index (χ0v) is 16.5. The summed E-state index contributed by atoms with van der Waals surface area (Å²) >= 11 is 5.81. The molecule has 3 aromatic rings. The summed E-state index contributed by atoms with van der Waals surface area (Å²) in [4.78, 5) is 23.1. The maximum absolute atomic E-state index is 12.2. The van der Waals surface area contributed by atoms with Crippen LogP contribution in [0, 0.1) is 0 Å². The van der Waals surface area contributed by atoms with Crippen LogP contribution in [-0.4, -0.2) is 25.2 Å². The van der Waals surface area contributed by atoms with E-state index < -0.39 is 5.97 Å². The molecule has 0 atom stereocenters. The van der Waals surface area contributed by atoms with Gasteiger partial charge in [0.05, 0.1) is 5.56 Å². The van der Waals surface area contributed by atoms with Gasteiger partial charge in [0.15, 0.2) is 0 Å². The predicted octanol–water partition coefficient (Wildman–Crippen LogP) is 5.17. The molecule has 29 heavy (non-hydrogen) atoms. The average Bonchev–Trinajstić information content (AvgIpc) is 2.72. The van der Waals surface area contributed by atoms with Crippen LogP contribution >= 0.6 is 11.6 Å². The second-order valence-electron chi connectivity index (χ2n) is 6.13. The van der Waals surface area contributed by atoms with E-state index in [0.717, 1.165) is 11.1 Å². The van der Waals surface area contributed by atoms with Gasteiger partial charge in [-0.25, -0.2) is 4.79 Å². The molecule has 0 N–H and O–H groups in total. The Morgan fingerprint density at radius 1 is 0.759 bits per heavy atom. The number of benzene rings is 3. The Hall–Kier alpha value is -3.31. The van der Waals surface area contributed by atoms with Gasteiger partial charge in [-0.3, -0.25) is 4.79 Å². The molecule has 6 heteroatoms. The SMILES string of the molecule is CC(=O)Oc1ccc(-c2ccc(C(=O)OCCOc3ccc(Cl)cc3)cc2)cc1. The van der Waals surface area contributed by atoms with Gasteiger partial charge < -0.3 is 14.2 Å². The molecular formula is C23H19ClO5. The van der Waals surface area contributed by atoms with Gasteiger partial charge in [-0.05, 0) is 59.7 Å². The van der Waals surface area contributed by atoms with Crippen molar-refractivity contribution in [3.8, 4) is 22.6 Å². The zero-order valence-electron chi connectivity index (χ0n) is 15.8. The van der Waals surface area contributed by atoms with Crippen molar-refractivity contribution in [1.29, 1.82) is 0 Å². The zero-order chi connectivity index (χ0) is 20.6. The van der Waals surface area contributed by atoms with Crippen molar-refractivity contribution in [3.63, 3.8) is 0 Å². The molecule has 0 spiro atoms. The van der Waals surface area contributed by atoms with E-state index in [4.69, 9.17) is 25.8 Å². The summed E-state index contributed by atoms with van der Waals surface area (Å²) in [6, 6.07) is 21.2. The van der Waals surface area contributed by atoms with Crippen molar-refractivity contribution < 1.29 is 23.8 Å². The molecular weight excluding hydrogens is 392 g/mol. The summed E-state index contributed by atoms with van der Waals surface area (Å²) < 4.78 is 15.7. The molecule has 0 aliphatic carbocycles. The third-order valence-electron chi connectivity index (χ3n) is 3.97. The van der Waals surface area contributed by atoms with Gasteiger partial charge in [-0.15, -0.1) is 0 Å². The molecule has 0 aromatic heterocycles. The van der Waals surface area contributed by atoms with E-state index in [0.29, 0.717) is 22.1 Å². The molecule has 3 rings (SSSR count). The fourth-order valence-corrected chi connectivity index (χ4v) is 2.71. The van der Waals surface area contributed by atoms with Gasteiger partial charge in [0.2, 0.25) is 0 Å². The monoisotopic (exact) mass is 410 g/mol. The molecule has 0 aliphatic heterocycles. The van der Waals surface area contributed by atoms with Gasteiger partial charge in [-0.2, -0.15) is 0 Å². The maximum Gasteiger partial charge on any atom is 0.338 e. The summed E-state index contributed by atoms with van der Waals surface area (Å²) in [5, 5.41) is 0.632. The number of esters is 2. The number of ether oxygens (including phenoxy) is 3. The van der Waals surface area contributed by atoms with Crippen LogP contribution < -0.4 is 9.47 Å². The van der Waals surface area contributed by atoms with E-state index in [1.807, 2.05) is 24.3 Å². The van der Waals surface area contributed by atoms with E-state index in [1.165, 1.54) is 6.92 Å². The first-order chi connectivity index (χ1) is 14.0. The van der Waals surface area contributed by atoms with E-state index in [2.05, 4.69) is 0 Å². The van der Waals surface area contributed by atoms with E-state index in [9.17, 15) is 9.59 Å². The Balaban J connectivity index is 1.50. The number of carbonyl (C=O) groups is 2. The highest BCUT2D eigenvalue weighted by atomic mass is 35.5. The van der Waals surface area contributed by atoms with Crippen LogP contribution in [0.2, 0.25) is 5.02 Å². The lowest BCUT2D eigenvalue weighted by atomic mass is 10.0. The largest absolute Gasteiger partial charge is 0.490 e. The number of rotatable bonds is 7. The Kier molecular flexibility index (Phi) is 6.87. The van der Waals surface area contributed by atoms with Crippen LogP contribution in [0.4, 0.5) is 0 Å². The molecule has 0 aliphatic rings. The van der Waals surface area contributed by atoms with Gasteiger partial charge in [0.25, 0.3) is 0 Å². The first kappa shape index (κ1) is 20.4. The fraction of sp³-hybridized carbons (Fsp3) is 0.130. The van der Waals surface area contributed by atoms with E-state index in [-0.39, 0.29) is 19.2 Å². The van der Waals surface area contributed by atoms with Crippen LogP contribution in [0.5, 0.6) is 11.5 Å². The normalized spacial score (nSPS) is 10.3. The van der Waals surface area contributed by atoms with Gasteiger partial charge in [0.1, 0.15) is 24.7 Å². The number of hydrogen-bond acceptors (Lipinski definition) is 5. The number of carbonyl (C=O) groups excluding carboxylic acids is 2. The predicted molar refractivity (Wildman–Crippen MR) is 110 cm³/mol. The second kappa shape index (κ2) is 9.75. The van der Waals surface area contributed by atoms with Crippen LogP contribution in [0.3, 0.4) is 0 Å². The Morgan fingerprint density at radius 2 is 1.31 bits per heavy atom. The third kappa shape index (κ3) is 6.09. The topological polar surface area (TPSA) is 61.8 Å². The summed E-state index contributed by atoms with van der Waals surface area (Å²) in [6.45, 7) is 1.75. The van der Waals surface area contributed by atoms with Gasteiger partial charge >= 0.3 is 11.9 Å². The molecule has 0 heterocycles. The quantitative estimate of drug-likeness (QED) is 0.305. The summed E-state index contributed by atoms with van der Waals surface area (Å²) in [6.07, 6.45) is 0. The number of halogens is 1. The molecule has 0 amide bonds. The average molecular weight is 411 g/mol. The molecule has 0 unspecified atom stereocenters. The van der Waals surface area contributed by atoms with Gasteiger partial charge in [0, 0.05) is 11.9 Å². The summed E-state index contributed by atoms with van der Waals surface area (Å²) in [5.74, 6) is 0.373. The molecule has 3 aromatic carbocycles. The molecule has 0 fully saturated rings. The standard InChI is InChI=1S/C23H19ClO5/c1-16(25)29-22-10-6-18(7-11-22)17-2-4-19(5-3-17)23(26)28-15-14-27-21-12-8-20(24)9-13-21/h2-13H,14-15H2,1H3. The minimum atomic E-state index is -0.415. The van der Waals surface area contributed by atoms with E-state index >= 15 is 0 Å². The minimum absolute atomic E-state index is 0.140. The van der Waals surface area contributed by atoms with Crippen LogP contribution in [-0.2, 0) is 9.53 Å². The molecule has 148 valence electrons. The lowest BCUT2D eigenvalue weighted by Gasteiger charge is -2.08. The molecule has 0 bridgehead atoms. The Morgan fingerprint density at radius 3 is 1.90 bits per heavy atom. The minimum Gasteiger partial charge on any atom is -0.490 e. The van der Waals surface area contributed by atoms with Crippen molar-refractivity contribution in [2.45, 2.75) is 6.92 Å². The smallest absolute Gasteiger partial charge is 0.338 e. The highest BCUT2D eigenvalue weighted by molar-refractivity contribution is 6.30. The fourth-order valence-electron chi connectivity index (χ4n) is 2.59. The maximum atomic E-state index is 12.2.